The zero-order chi connectivity index (χ0) is 17.4. The van der Waals surface area contributed by atoms with E-state index in [1.54, 1.807) is 20.8 Å². The number of halogens is 1. The van der Waals surface area contributed by atoms with Gasteiger partial charge in [0.1, 0.15) is 16.8 Å². The fourth-order valence-electron chi connectivity index (χ4n) is 2.53. The second-order valence-corrected chi connectivity index (χ2v) is 7.03. The maximum absolute atomic E-state index is 12.0. The van der Waals surface area contributed by atoms with Gasteiger partial charge in [0.05, 0.1) is 0 Å². The Morgan fingerprint density at radius 3 is 2.39 bits per heavy atom. The Morgan fingerprint density at radius 1 is 1.30 bits per heavy atom. The average molecular weight is 340 g/mol. The standard InChI is InChI=1S/C16H18ClNO5/c1-15(2,3)23-14(22)18-12-6-9(17)4-5-11(12)16(13(20)21)7-10(19)8-16/h4-6H,7-8H2,1-3H3,(H,18,22)(H,20,21). The third-order valence-electron chi connectivity index (χ3n) is 3.54. The molecule has 1 aliphatic rings. The van der Waals surface area contributed by atoms with E-state index in [1.165, 1.54) is 18.2 Å². The summed E-state index contributed by atoms with van der Waals surface area (Å²) in [6.45, 7) is 5.15. The molecule has 1 amide bonds. The number of hydrogen-bond acceptors (Lipinski definition) is 4. The van der Waals surface area contributed by atoms with E-state index in [0.717, 1.165) is 0 Å². The zero-order valence-electron chi connectivity index (χ0n) is 13.1. The number of hydrogen-bond donors (Lipinski definition) is 2. The Hall–Kier alpha value is -2.08. The third-order valence-corrected chi connectivity index (χ3v) is 3.78. The van der Waals surface area contributed by atoms with Crippen LogP contribution in [0.1, 0.15) is 39.2 Å². The molecule has 1 fully saturated rings. The second kappa shape index (κ2) is 5.85. The molecule has 2 N–H and O–H groups in total. The molecule has 23 heavy (non-hydrogen) atoms. The molecule has 1 aromatic rings. The third kappa shape index (κ3) is 3.64. The van der Waals surface area contributed by atoms with Crippen molar-refractivity contribution in [1.82, 2.24) is 0 Å². The number of carboxylic acids is 1. The van der Waals surface area contributed by atoms with Gasteiger partial charge in [0.25, 0.3) is 0 Å². The molecule has 1 aliphatic carbocycles. The molecule has 2 rings (SSSR count). The summed E-state index contributed by atoms with van der Waals surface area (Å²) >= 11 is 5.95. The molecule has 124 valence electrons. The minimum atomic E-state index is -1.33. The summed E-state index contributed by atoms with van der Waals surface area (Å²) in [4.78, 5) is 35.0. The number of amides is 1. The maximum Gasteiger partial charge on any atom is 0.412 e. The Bertz CT molecular complexity index is 670. The number of aliphatic carboxylic acids is 1. The summed E-state index contributed by atoms with van der Waals surface area (Å²) in [7, 11) is 0. The number of nitrogens with one attached hydrogen (secondary N) is 1. The van der Waals surface area contributed by atoms with Gasteiger partial charge in [-0.05, 0) is 38.5 Å². The second-order valence-electron chi connectivity index (χ2n) is 6.60. The van der Waals surface area contributed by atoms with Gasteiger partial charge in [-0.15, -0.1) is 0 Å². The highest BCUT2D eigenvalue weighted by Crippen LogP contribution is 2.45. The van der Waals surface area contributed by atoms with Crippen molar-refractivity contribution in [3.8, 4) is 0 Å². The molecule has 0 aliphatic heterocycles. The van der Waals surface area contributed by atoms with Crippen molar-refractivity contribution in [2.45, 2.75) is 44.6 Å². The lowest BCUT2D eigenvalue weighted by Gasteiger charge is -2.37. The molecule has 0 radical (unpaired) electrons. The minimum absolute atomic E-state index is 0.104. The molecule has 0 saturated heterocycles. The fourth-order valence-corrected chi connectivity index (χ4v) is 2.70. The zero-order valence-corrected chi connectivity index (χ0v) is 13.9. The Morgan fingerprint density at radius 2 is 1.91 bits per heavy atom. The largest absolute Gasteiger partial charge is 0.481 e. The van der Waals surface area contributed by atoms with Crippen molar-refractivity contribution in [2.24, 2.45) is 0 Å². The summed E-state index contributed by atoms with van der Waals surface area (Å²) in [5.74, 6) is -1.24. The van der Waals surface area contributed by atoms with E-state index >= 15 is 0 Å². The van der Waals surface area contributed by atoms with Crippen LogP contribution in [0.5, 0.6) is 0 Å². The lowest BCUT2D eigenvalue weighted by molar-refractivity contribution is -0.153. The van der Waals surface area contributed by atoms with Gasteiger partial charge in [-0.1, -0.05) is 17.7 Å². The number of ketones is 1. The van der Waals surface area contributed by atoms with E-state index in [1.807, 2.05) is 0 Å². The number of Topliss-reactive ketones (excluding diaryl/α,β-unsaturated/α-hetero) is 1. The van der Waals surface area contributed by atoms with Crippen molar-refractivity contribution in [3.05, 3.63) is 28.8 Å². The smallest absolute Gasteiger partial charge is 0.412 e. The van der Waals surface area contributed by atoms with Crippen LogP contribution in [0.25, 0.3) is 0 Å². The normalized spacial score (nSPS) is 16.4. The van der Waals surface area contributed by atoms with Crippen molar-refractivity contribution in [2.75, 3.05) is 5.32 Å². The van der Waals surface area contributed by atoms with Crippen LogP contribution in [0.4, 0.5) is 10.5 Å². The lowest BCUT2D eigenvalue weighted by atomic mass is 9.63. The van der Waals surface area contributed by atoms with Crippen molar-refractivity contribution >= 4 is 35.1 Å². The van der Waals surface area contributed by atoms with Gasteiger partial charge in [0, 0.05) is 23.6 Å². The summed E-state index contributed by atoms with van der Waals surface area (Å²) in [6, 6.07) is 4.51. The van der Waals surface area contributed by atoms with Crippen LogP contribution in [0.15, 0.2) is 18.2 Å². The summed E-state index contributed by atoms with van der Waals surface area (Å²) in [5.41, 5.74) is -1.44. The van der Waals surface area contributed by atoms with Crippen molar-refractivity contribution in [3.63, 3.8) is 0 Å². The molecule has 0 unspecified atom stereocenters. The Kier molecular flexibility index (Phi) is 4.39. The van der Waals surface area contributed by atoms with Crippen molar-refractivity contribution < 1.29 is 24.2 Å². The SMILES string of the molecule is CC(C)(C)OC(=O)Nc1cc(Cl)ccc1C1(C(=O)O)CC(=O)C1. The van der Waals surface area contributed by atoms with Crippen LogP contribution in [-0.2, 0) is 19.7 Å². The number of carbonyl (C=O) groups excluding carboxylic acids is 2. The molecule has 1 saturated carbocycles. The number of benzene rings is 1. The first-order valence-electron chi connectivity index (χ1n) is 7.09. The van der Waals surface area contributed by atoms with Gasteiger partial charge in [0.15, 0.2) is 0 Å². The predicted octanol–water partition coefficient (Wildman–Crippen LogP) is 3.37. The molecule has 6 nitrogen and oxygen atoms in total. The Balaban J connectivity index is 2.37. The molecule has 0 heterocycles. The number of anilines is 1. The van der Waals surface area contributed by atoms with E-state index in [0.29, 0.717) is 10.6 Å². The molecule has 0 aromatic heterocycles. The van der Waals surface area contributed by atoms with Crippen molar-refractivity contribution in [1.29, 1.82) is 0 Å². The quantitative estimate of drug-likeness (QED) is 0.880. The summed E-state index contributed by atoms with van der Waals surface area (Å²) in [6.07, 6.45) is -0.924. The highest BCUT2D eigenvalue weighted by Gasteiger charge is 2.52. The van der Waals surface area contributed by atoms with Crippen LogP contribution >= 0.6 is 11.6 Å². The predicted molar refractivity (Wildman–Crippen MR) is 84.9 cm³/mol. The highest BCUT2D eigenvalue weighted by atomic mass is 35.5. The lowest BCUT2D eigenvalue weighted by Crippen LogP contribution is -2.48. The van der Waals surface area contributed by atoms with Gasteiger partial charge >= 0.3 is 12.1 Å². The molecule has 1 aromatic carbocycles. The van der Waals surface area contributed by atoms with Crippen LogP contribution in [0, 0.1) is 0 Å². The summed E-state index contributed by atoms with van der Waals surface area (Å²) in [5, 5.41) is 12.4. The first kappa shape index (κ1) is 17.3. The molecular weight excluding hydrogens is 322 g/mol. The molecule has 0 spiro atoms. The monoisotopic (exact) mass is 339 g/mol. The number of carboxylic acid groups (broad SMARTS) is 1. The van der Waals surface area contributed by atoms with Crippen LogP contribution in [0.3, 0.4) is 0 Å². The van der Waals surface area contributed by atoms with E-state index < -0.39 is 23.1 Å². The van der Waals surface area contributed by atoms with Gasteiger partial charge in [-0.25, -0.2) is 4.79 Å². The van der Waals surface area contributed by atoms with Crippen LogP contribution in [0.2, 0.25) is 5.02 Å². The number of ether oxygens (including phenoxy) is 1. The molecular formula is C16H18ClNO5. The molecule has 0 bridgehead atoms. The highest BCUT2D eigenvalue weighted by molar-refractivity contribution is 6.31. The maximum atomic E-state index is 12.0. The van der Waals surface area contributed by atoms with E-state index in [4.69, 9.17) is 16.3 Å². The summed E-state index contributed by atoms with van der Waals surface area (Å²) < 4.78 is 5.17. The number of carbonyl (C=O) groups is 3. The van der Waals surface area contributed by atoms with E-state index in [2.05, 4.69) is 5.32 Å². The van der Waals surface area contributed by atoms with Gasteiger partial charge in [-0.2, -0.15) is 0 Å². The van der Waals surface area contributed by atoms with Gasteiger partial charge in [-0.3, -0.25) is 14.9 Å². The van der Waals surface area contributed by atoms with Gasteiger partial charge in [0.2, 0.25) is 0 Å². The van der Waals surface area contributed by atoms with E-state index in [9.17, 15) is 19.5 Å². The molecule has 0 atom stereocenters. The van der Waals surface area contributed by atoms with Gasteiger partial charge < -0.3 is 9.84 Å². The number of rotatable bonds is 3. The first-order chi connectivity index (χ1) is 10.5. The van der Waals surface area contributed by atoms with Crippen LogP contribution in [-0.4, -0.2) is 28.6 Å². The fraction of sp³-hybridized carbons (Fsp3) is 0.438. The topological polar surface area (TPSA) is 92.7 Å². The van der Waals surface area contributed by atoms with E-state index in [-0.39, 0.29) is 24.3 Å². The Labute approximate surface area is 138 Å². The first-order valence-corrected chi connectivity index (χ1v) is 7.46. The molecule has 7 heteroatoms. The average Bonchev–Trinajstić information content (AvgIpc) is 2.32. The minimum Gasteiger partial charge on any atom is -0.481 e. The van der Waals surface area contributed by atoms with Crippen LogP contribution < -0.4 is 5.32 Å².